The molecule has 14 heavy (non-hydrogen) atoms. The first-order chi connectivity index (χ1) is 6.70. The highest BCUT2D eigenvalue weighted by molar-refractivity contribution is 4.82. The van der Waals surface area contributed by atoms with Crippen molar-refractivity contribution in [2.45, 2.75) is 58.0 Å². The molecule has 0 spiro atoms. The lowest BCUT2D eigenvalue weighted by Gasteiger charge is -2.26. The summed E-state index contributed by atoms with van der Waals surface area (Å²) in [6.45, 7) is 5.46. The van der Waals surface area contributed by atoms with E-state index in [1.54, 1.807) is 0 Å². The molecule has 0 heterocycles. The van der Waals surface area contributed by atoms with Gasteiger partial charge in [-0.05, 0) is 32.1 Å². The summed E-state index contributed by atoms with van der Waals surface area (Å²) in [5.41, 5.74) is -0.528. The summed E-state index contributed by atoms with van der Waals surface area (Å²) in [6, 6.07) is 0. The summed E-state index contributed by atoms with van der Waals surface area (Å²) < 4.78 is 5.35. The number of hydrogen-bond donors (Lipinski definition) is 1. The molecule has 0 aromatic carbocycles. The molecule has 2 heteroatoms. The Morgan fingerprint density at radius 3 is 2.71 bits per heavy atom. The van der Waals surface area contributed by atoms with Crippen LogP contribution in [0.3, 0.4) is 0 Å². The Morgan fingerprint density at radius 2 is 2.07 bits per heavy atom. The molecule has 2 unspecified atom stereocenters. The van der Waals surface area contributed by atoms with E-state index in [0.717, 1.165) is 25.2 Å². The van der Waals surface area contributed by atoms with Gasteiger partial charge in [-0.15, -0.1) is 0 Å². The van der Waals surface area contributed by atoms with Crippen LogP contribution in [0.15, 0.2) is 0 Å². The summed E-state index contributed by atoms with van der Waals surface area (Å²) in [5, 5.41) is 10.3. The smallest absolute Gasteiger partial charge is 0.0880 e. The van der Waals surface area contributed by atoms with Gasteiger partial charge in [0.25, 0.3) is 0 Å². The minimum absolute atomic E-state index is 0.528. The third-order valence-electron chi connectivity index (χ3n) is 3.42. The topological polar surface area (TPSA) is 29.5 Å². The summed E-state index contributed by atoms with van der Waals surface area (Å²) in [5.74, 6) is 0.825. The minimum atomic E-state index is -0.528. The number of ether oxygens (including phenoxy) is 1. The molecule has 0 radical (unpaired) electrons. The fraction of sp³-hybridized carbons (Fsp3) is 1.00. The lowest BCUT2D eigenvalue weighted by Crippen LogP contribution is -2.33. The van der Waals surface area contributed by atoms with Crippen molar-refractivity contribution in [3.8, 4) is 0 Å². The predicted molar refractivity (Wildman–Crippen MR) is 58.3 cm³/mol. The molecule has 1 saturated carbocycles. The maximum absolute atomic E-state index is 10.3. The van der Waals surface area contributed by atoms with Crippen LogP contribution in [-0.4, -0.2) is 23.9 Å². The van der Waals surface area contributed by atoms with Crippen LogP contribution in [0, 0.1) is 5.92 Å². The third kappa shape index (κ3) is 3.58. The van der Waals surface area contributed by atoms with Gasteiger partial charge in [-0.1, -0.05) is 26.2 Å². The maximum atomic E-state index is 10.3. The van der Waals surface area contributed by atoms with Crippen molar-refractivity contribution < 1.29 is 9.84 Å². The molecule has 0 aliphatic heterocycles. The van der Waals surface area contributed by atoms with Crippen molar-refractivity contribution in [1.82, 2.24) is 0 Å². The highest BCUT2D eigenvalue weighted by atomic mass is 16.5. The summed E-state index contributed by atoms with van der Waals surface area (Å²) in [7, 11) is 0. The highest BCUT2D eigenvalue weighted by Gasteiger charge is 2.30. The van der Waals surface area contributed by atoms with Gasteiger partial charge >= 0.3 is 0 Å². The molecule has 0 aromatic heterocycles. The van der Waals surface area contributed by atoms with E-state index < -0.39 is 5.60 Å². The molecular weight excluding hydrogens is 176 g/mol. The van der Waals surface area contributed by atoms with E-state index in [-0.39, 0.29) is 0 Å². The largest absolute Gasteiger partial charge is 0.387 e. The monoisotopic (exact) mass is 200 g/mol. The van der Waals surface area contributed by atoms with E-state index in [1.807, 2.05) is 6.92 Å². The second-order valence-corrected chi connectivity index (χ2v) is 4.57. The molecule has 1 rings (SSSR count). The number of aliphatic hydroxyl groups is 1. The molecule has 0 bridgehead atoms. The van der Waals surface area contributed by atoms with Gasteiger partial charge in [0.2, 0.25) is 0 Å². The summed E-state index contributed by atoms with van der Waals surface area (Å²) in [6.07, 6.45) is 6.70. The average Bonchev–Trinajstić information content (AvgIpc) is 2.38. The number of hydrogen-bond acceptors (Lipinski definition) is 2. The zero-order valence-electron chi connectivity index (χ0n) is 9.59. The van der Waals surface area contributed by atoms with E-state index >= 15 is 0 Å². The highest BCUT2D eigenvalue weighted by Crippen LogP contribution is 2.31. The summed E-state index contributed by atoms with van der Waals surface area (Å²) in [4.78, 5) is 0. The van der Waals surface area contributed by atoms with Gasteiger partial charge in [-0.2, -0.15) is 0 Å². The molecule has 1 fully saturated rings. The molecule has 1 aliphatic rings. The normalized spacial score (nSPS) is 34.1. The van der Waals surface area contributed by atoms with Crippen LogP contribution in [0.1, 0.15) is 52.4 Å². The Bertz CT molecular complexity index is 158. The Hall–Kier alpha value is -0.0800. The summed E-state index contributed by atoms with van der Waals surface area (Å²) >= 11 is 0. The van der Waals surface area contributed by atoms with Gasteiger partial charge in [0.15, 0.2) is 0 Å². The molecule has 1 aliphatic carbocycles. The predicted octanol–water partition coefficient (Wildman–Crippen LogP) is 2.74. The van der Waals surface area contributed by atoms with Crippen LogP contribution in [0.25, 0.3) is 0 Å². The van der Waals surface area contributed by atoms with Crippen molar-refractivity contribution in [1.29, 1.82) is 0 Å². The van der Waals surface area contributed by atoms with E-state index in [2.05, 4.69) is 6.92 Å². The Labute approximate surface area is 87.7 Å². The average molecular weight is 200 g/mol. The van der Waals surface area contributed by atoms with Crippen molar-refractivity contribution in [3.63, 3.8) is 0 Å². The second-order valence-electron chi connectivity index (χ2n) is 4.57. The van der Waals surface area contributed by atoms with Crippen LogP contribution in [-0.2, 0) is 4.74 Å². The molecule has 0 aromatic rings. The van der Waals surface area contributed by atoms with Crippen molar-refractivity contribution in [2.75, 3.05) is 13.2 Å². The van der Waals surface area contributed by atoms with Crippen LogP contribution < -0.4 is 0 Å². The van der Waals surface area contributed by atoms with Gasteiger partial charge in [0.1, 0.15) is 0 Å². The lowest BCUT2D eigenvalue weighted by atomic mass is 9.94. The Balaban J connectivity index is 2.38. The number of rotatable bonds is 4. The lowest BCUT2D eigenvalue weighted by molar-refractivity contribution is -0.0534. The molecule has 0 saturated heterocycles. The van der Waals surface area contributed by atoms with Crippen LogP contribution in [0.2, 0.25) is 0 Å². The zero-order chi connectivity index (χ0) is 10.4. The minimum Gasteiger partial charge on any atom is -0.387 e. The second kappa shape index (κ2) is 5.72. The maximum Gasteiger partial charge on any atom is 0.0880 e. The van der Waals surface area contributed by atoms with Crippen LogP contribution >= 0.6 is 0 Å². The Morgan fingerprint density at radius 1 is 1.29 bits per heavy atom. The van der Waals surface area contributed by atoms with Crippen molar-refractivity contribution in [3.05, 3.63) is 0 Å². The van der Waals surface area contributed by atoms with E-state index in [9.17, 15) is 5.11 Å². The first-order valence-electron chi connectivity index (χ1n) is 6.00. The first-order valence-corrected chi connectivity index (χ1v) is 6.00. The molecule has 84 valence electrons. The standard InChI is InChI=1S/C12H24O2/c1-3-11-6-5-8-12(13,9-7-11)10-14-4-2/h11,13H,3-10H2,1-2H3. The van der Waals surface area contributed by atoms with Gasteiger partial charge in [-0.25, -0.2) is 0 Å². The fourth-order valence-corrected chi connectivity index (χ4v) is 2.31. The van der Waals surface area contributed by atoms with E-state index in [4.69, 9.17) is 4.74 Å². The van der Waals surface area contributed by atoms with E-state index in [1.165, 1.54) is 19.3 Å². The third-order valence-corrected chi connectivity index (χ3v) is 3.42. The van der Waals surface area contributed by atoms with Gasteiger partial charge in [0, 0.05) is 6.61 Å². The van der Waals surface area contributed by atoms with Crippen LogP contribution in [0.4, 0.5) is 0 Å². The van der Waals surface area contributed by atoms with Crippen molar-refractivity contribution in [2.24, 2.45) is 5.92 Å². The Kier molecular flexibility index (Phi) is 4.90. The van der Waals surface area contributed by atoms with Crippen LogP contribution in [0.5, 0.6) is 0 Å². The molecular formula is C12H24O2. The molecule has 1 N–H and O–H groups in total. The molecule has 2 nitrogen and oxygen atoms in total. The van der Waals surface area contributed by atoms with Gasteiger partial charge < -0.3 is 9.84 Å². The first kappa shape index (κ1) is 12.0. The SMILES string of the molecule is CCOCC1(O)CCCC(CC)CC1. The van der Waals surface area contributed by atoms with Crippen molar-refractivity contribution >= 4 is 0 Å². The molecule has 0 amide bonds. The van der Waals surface area contributed by atoms with E-state index in [0.29, 0.717) is 13.2 Å². The fourth-order valence-electron chi connectivity index (χ4n) is 2.31. The molecule has 2 atom stereocenters. The zero-order valence-corrected chi connectivity index (χ0v) is 9.59. The quantitative estimate of drug-likeness (QED) is 0.707. The van der Waals surface area contributed by atoms with Gasteiger partial charge in [-0.3, -0.25) is 0 Å². The van der Waals surface area contributed by atoms with Gasteiger partial charge in [0.05, 0.1) is 12.2 Å².